The van der Waals surface area contributed by atoms with Crippen molar-refractivity contribution >= 4 is 22.4 Å². The van der Waals surface area contributed by atoms with Crippen LogP contribution < -0.4 is 14.8 Å². The number of carbonyl (C=O) groups excluding carboxylic acids is 1. The minimum Gasteiger partial charge on any atom is -0.493 e. The van der Waals surface area contributed by atoms with Gasteiger partial charge < -0.3 is 14.8 Å². The minimum atomic E-state index is -0.192. The molecule has 31 heavy (non-hydrogen) atoms. The van der Waals surface area contributed by atoms with E-state index >= 15 is 0 Å². The molecule has 5 heteroatoms. The molecule has 3 aromatic rings. The minimum absolute atomic E-state index is 0.0685. The molecule has 1 atom stereocenters. The summed E-state index contributed by atoms with van der Waals surface area (Å²) in [5.74, 6) is 1.34. The van der Waals surface area contributed by atoms with E-state index in [9.17, 15) is 4.79 Å². The summed E-state index contributed by atoms with van der Waals surface area (Å²) in [6.45, 7) is 4.31. The zero-order chi connectivity index (χ0) is 21.8. The number of ether oxygens (including phenoxy) is 2. The van der Waals surface area contributed by atoms with Crippen LogP contribution in [0, 0.1) is 5.41 Å². The van der Waals surface area contributed by atoms with Crippen molar-refractivity contribution in [1.82, 2.24) is 4.98 Å². The summed E-state index contributed by atoms with van der Waals surface area (Å²) in [5.41, 5.74) is 5.86. The summed E-state index contributed by atoms with van der Waals surface area (Å²) in [4.78, 5) is 18.0. The molecular formula is C26H26N2O3. The van der Waals surface area contributed by atoms with E-state index in [2.05, 4.69) is 36.3 Å². The molecule has 0 spiro atoms. The molecule has 1 unspecified atom stereocenters. The van der Waals surface area contributed by atoms with Gasteiger partial charge in [-0.3, -0.25) is 9.78 Å². The zero-order valence-electron chi connectivity index (χ0n) is 18.3. The molecule has 0 bridgehead atoms. The van der Waals surface area contributed by atoms with Crippen molar-refractivity contribution in [3.63, 3.8) is 0 Å². The maximum absolute atomic E-state index is 13.5. The number of benzene rings is 2. The van der Waals surface area contributed by atoms with E-state index < -0.39 is 0 Å². The molecule has 5 nitrogen and oxygen atoms in total. The number of carbonyl (C=O) groups is 1. The van der Waals surface area contributed by atoms with Gasteiger partial charge in [-0.05, 0) is 53.3 Å². The Bertz CT molecular complexity index is 1240. The largest absolute Gasteiger partial charge is 0.493 e. The lowest BCUT2D eigenvalue weighted by atomic mass is 9.68. The first-order valence-corrected chi connectivity index (χ1v) is 10.5. The van der Waals surface area contributed by atoms with E-state index in [1.54, 1.807) is 20.4 Å². The highest BCUT2D eigenvalue weighted by atomic mass is 16.5. The lowest BCUT2D eigenvalue weighted by Crippen LogP contribution is -2.33. The van der Waals surface area contributed by atoms with E-state index in [-0.39, 0.29) is 17.1 Å². The van der Waals surface area contributed by atoms with Crippen LogP contribution in [0.2, 0.25) is 0 Å². The molecule has 2 aliphatic rings. The van der Waals surface area contributed by atoms with Crippen LogP contribution in [0.25, 0.3) is 10.9 Å². The third-order valence-electron chi connectivity index (χ3n) is 6.35. The number of allylic oxidation sites excluding steroid dienone is 2. The summed E-state index contributed by atoms with van der Waals surface area (Å²) in [7, 11) is 3.26. The zero-order valence-corrected chi connectivity index (χ0v) is 18.3. The fourth-order valence-electron chi connectivity index (χ4n) is 5.05. The molecule has 0 radical (unpaired) electrons. The second-order valence-corrected chi connectivity index (χ2v) is 9.10. The fourth-order valence-corrected chi connectivity index (χ4v) is 5.05. The molecule has 0 amide bonds. The van der Waals surface area contributed by atoms with Gasteiger partial charge in [0.05, 0.1) is 19.7 Å². The van der Waals surface area contributed by atoms with E-state index in [1.807, 2.05) is 30.3 Å². The maximum atomic E-state index is 13.5. The van der Waals surface area contributed by atoms with Gasteiger partial charge in [0, 0.05) is 40.9 Å². The summed E-state index contributed by atoms with van der Waals surface area (Å²) >= 11 is 0. The van der Waals surface area contributed by atoms with Gasteiger partial charge in [-0.15, -0.1) is 0 Å². The Labute approximate surface area is 182 Å². The summed E-state index contributed by atoms with van der Waals surface area (Å²) < 4.78 is 11.0. The Kier molecular flexibility index (Phi) is 4.50. The summed E-state index contributed by atoms with van der Waals surface area (Å²) in [6.07, 6.45) is 3.17. The molecular weight excluding hydrogens is 388 g/mol. The van der Waals surface area contributed by atoms with E-state index in [0.29, 0.717) is 17.9 Å². The van der Waals surface area contributed by atoms with Crippen molar-refractivity contribution in [2.24, 2.45) is 5.41 Å². The number of nitrogens with zero attached hydrogens (tertiary/aromatic N) is 1. The van der Waals surface area contributed by atoms with Crippen molar-refractivity contribution in [1.29, 1.82) is 0 Å². The molecule has 2 aromatic carbocycles. The molecule has 0 fully saturated rings. The molecule has 1 aromatic heterocycles. The highest BCUT2D eigenvalue weighted by Crippen LogP contribution is 2.51. The van der Waals surface area contributed by atoms with Gasteiger partial charge in [-0.25, -0.2) is 0 Å². The van der Waals surface area contributed by atoms with E-state index in [4.69, 9.17) is 9.47 Å². The monoisotopic (exact) mass is 414 g/mol. The number of hydrogen-bond acceptors (Lipinski definition) is 5. The van der Waals surface area contributed by atoms with Gasteiger partial charge in [0.15, 0.2) is 17.3 Å². The van der Waals surface area contributed by atoms with Crippen LogP contribution in [0.3, 0.4) is 0 Å². The van der Waals surface area contributed by atoms with Gasteiger partial charge in [-0.2, -0.15) is 0 Å². The molecule has 0 saturated carbocycles. The maximum Gasteiger partial charge on any atom is 0.162 e. The molecule has 0 saturated heterocycles. The van der Waals surface area contributed by atoms with Gasteiger partial charge in [-0.1, -0.05) is 26.0 Å². The summed E-state index contributed by atoms with van der Waals surface area (Å²) in [6, 6.07) is 14.1. The van der Waals surface area contributed by atoms with Gasteiger partial charge in [0.2, 0.25) is 0 Å². The summed E-state index contributed by atoms with van der Waals surface area (Å²) in [5, 5.41) is 4.66. The number of methoxy groups -OCH3 is 2. The molecule has 2 heterocycles. The Morgan fingerprint density at radius 2 is 1.84 bits per heavy atom. The number of anilines is 1. The predicted molar refractivity (Wildman–Crippen MR) is 122 cm³/mol. The van der Waals surface area contributed by atoms with Crippen molar-refractivity contribution in [3.05, 3.63) is 71.1 Å². The number of pyridine rings is 1. The number of rotatable bonds is 3. The molecule has 1 N–H and O–H groups in total. The van der Waals surface area contributed by atoms with Crippen LogP contribution in [0.15, 0.2) is 59.9 Å². The number of aromatic nitrogens is 1. The van der Waals surface area contributed by atoms with Crippen LogP contribution in [0.5, 0.6) is 11.5 Å². The van der Waals surface area contributed by atoms with Gasteiger partial charge >= 0.3 is 0 Å². The quantitative estimate of drug-likeness (QED) is 0.617. The topological polar surface area (TPSA) is 60.5 Å². The Balaban J connectivity index is 1.80. The van der Waals surface area contributed by atoms with Crippen molar-refractivity contribution in [2.75, 3.05) is 19.5 Å². The Morgan fingerprint density at radius 3 is 2.61 bits per heavy atom. The van der Waals surface area contributed by atoms with Crippen LogP contribution in [-0.2, 0) is 4.79 Å². The number of fused-ring (bicyclic) bond motifs is 3. The Morgan fingerprint density at radius 1 is 1.03 bits per heavy atom. The highest BCUT2D eigenvalue weighted by molar-refractivity contribution is 6.04. The second kappa shape index (κ2) is 7.12. The van der Waals surface area contributed by atoms with E-state index in [1.165, 1.54) is 0 Å². The van der Waals surface area contributed by atoms with Crippen molar-refractivity contribution < 1.29 is 14.3 Å². The third-order valence-corrected chi connectivity index (χ3v) is 6.35. The Hall–Kier alpha value is -3.34. The third kappa shape index (κ3) is 3.16. The molecule has 1 aliphatic heterocycles. The number of ketones is 1. The smallest absolute Gasteiger partial charge is 0.162 e. The number of Topliss-reactive ketones (excluding diaryl/α,β-unsaturated/α-hetero) is 1. The van der Waals surface area contributed by atoms with E-state index in [0.717, 1.165) is 45.4 Å². The van der Waals surface area contributed by atoms with Crippen molar-refractivity contribution in [3.8, 4) is 11.5 Å². The van der Waals surface area contributed by atoms with Crippen LogP contribution in [0.4, 0.5) is 5.69 Å². The first-order chi connectivity index (χ1) is 14.9. The highest BCUT2D eigenvalue weighted by Gasteiger charge is 2.41. The average Bonchev–Trinajstić information content (AvgIpc) is 2.76. The fraction of sp³-hybridized carbons (Fsp3) is 0.308. The van der Waals surface area contributed by atoms with Crippen molar-refractivity contribution in [2.45, 2.75) is 32.6 Å². The molecule has 158 valence electrons. The number of nitrogens with one attached hydrogen (secondary N) is 1. The normalized spacial score (nSPS) is 19.5. The first kappa shape index (κ1) is 19.6. The average molecular weight is 415 g/mol. The van der Waals surface area contributed by atoms with Crippen LogP contribution >= 0.6 is 0 Å². The lowest BCUT2D eigenvalue weighted by Gasteiger charge is -2.40. The second-order valence-electron chi connectivity index (χ2n) is 9.10. The number of hydrogen-bond donors (Lipinski definition) is 1. The lowest BCUT2D eigenvalue weighted by molar-refractivity contribution is -0.118. The van der Waals surface area contributed by atoms with Gasteiger partial charge in [0.1, 0.15) is 0 Å². The molecule has 5 rings (SSSR count). The first-order valence-electron chi connectivity index (χ1n) is 10.5. The van der Waals surface area contributed by atoms with Gasteiger partial charge in [0.25, 0.3) is 0 Å². The standard InChI is InChI=1S/C26H26N2O3/c1-26(2)13-19-25(20(29)14-26)23(15-7-10-21(30-3)22(12-15)31-4)24-16-6-5-11-27-17(16)8-9-18(24)28-19/h5-12,23,28H,13-14H2,1-4H3. The van der Waals surface area contributed by atoms with Crippen LogP contribution in [0.1, 0.15) is 43.7 Å². The predicted octanol–water partition coefficient (Wildman–Crippen LogP) is 5.45. The van der Waals surface area contributed by atoms with Crippen LogP contribution in [-0.4, -0.2) is 25.0 Å². The molecule has 1 aliphatic carbocycles. The SMILES string of the molecule is COc1ccc(C2C3=C(CC(C)(C)CC3=O)Nc3ccc4ncccc4c32)cc1OC.